The summed E-state index contributed by atoms with van der Waals surface area (Å²) in [6, 6.07) is 10.3. The van der Waals surface area contributed by atoms with Crippen LogP contribution < -0.4 is 0 Å². The van der Waals surface area contributed by atoms with Crippen molar-refractivity contribution in [3.63, 3.8) is 0 Å². The van der Waals surface area contributed by atoms with Crippen LogP contribution in [0.4, 0.5) is 0 Å². The molecule has 20 heavy (non-hydrogen) atoms. The minimum Gasteiger partial charge on any atom is -0.339 e. The summed E-state index contributed by atoms with van der Waals surface area (Å²) in [7, 11) is 0. The highest BCUT2D eigenvalue weighted by atomic mass is 79.9. The Morgan fingerprint density at radius 1 is 1.10 bits per heavy atom. The normalized spacial score (nSPS) is 21.8. The predicted octanol–water partition coefficient (Wildman–Crippen LogP) is 2.26. The summed E-state index contributed by atoms with van der Waals surface area (Å²) in [5.74, 6) is 0.349. The van der Waals surface area contributed by atoms with E-state index in [0.29, 0.717) is 5.91 Å². The molecule has 2 aliphatic rings. The first-order valence-electron chi connectivity index (χ1n) is 7.39. The van der Waals surface area contributed by atoms with E-state index < -0.39 is 0 Å². The molecule has 3 rings (SSSR count). The molecule has 1 aromatic carbocycles. The van der Waals surface area contributed by atoms with Crippen molar-refractivity contribution in [1.82, 2.24) is 9.80 Å². The summed E-state index contributed by atoms with van der Waals surface area (Å²) in [4.78, 5) is 17.3. The summed E-state index contributed by atoms with van der Waals surface area (Å²) >= 11 is 3.48. The van der Waals surface area contributed by atoms with Gasteiger partial charge in [0.15, 0.2) is 0 Å². The Labute approximate surface area is 129 Å². The molecule has 0 N–H and O–H groups in total. The molecular weight excluding hydrogens is 316 g/mol. The van der Waals surface area contributed by atoms with E-state index in [1.807, 2.05) is 18.2 Å². The second-order valence-electron chi connectivity index (χ2n) is 5.77. The highest BCUT2D eigenvalue weighted by molar-refractivity contribution is 9.09. The quantitative estimate of drug-likeness (QED) is 0.787. The Morgan fingerprint density at radius 3 is 2.30 bits per heavy atom. The van der Waals surface area contributed by atoms with E-state index >= 15 is 0 Å². The maximum atomic E-state index is 12.8. The fourth-order valence-electron chi connectivity index (χ4n) is 3.10. The molecule has 0 aromatic heterocycles. The van der Waals surface area contributed by atoms with Crippen molar-refractivity contribution in [2.75, 3.05) is 38.1 Å². The second kappa shape index (κ2) is 5.86. The van der Waals surface area contributed by atoms with Crippen molar-refractivity contribution >= 4 is 21.8 Å². The van der Waals surface area contributed by atoms with E-state index in [-0.39, 0.29) is 5.41 Å². The van der Waals surface area contributed by atoms with Crippen molar-refractivity contribution in [2.24, 2.45) is 0 Å². The molecule has 0 bridgehead atoms. The van der Waals surface area contributed by atoms with Crippen molar-refractivity contribution in [3.05, 3.63) is 35.9 Å². The molecule has 1 aliphatic carbocycles. The van der Waals surface area contributed by atoms with Gasteiger partial charge in [0.2, 0.25) is 5.91 Å². The van der Waals surface area contributed by atoms with Crippen LogP contribution in [0.25, 0.3) is 0 Å². The molecule has 0 spiro atoms. The van der Waals surface area contributed by atoms with Crippen LogP contribution in [0.2, 0.25) is 0 Å². The van der Waals surface area contributed by atoms with Gasteiger partial charge in [0, 0.05) is 38.1 Å². The van der Waals surface area contributed by atoms with Gasteiger partial charge in [0.05, 0.1) is 5.41 Å². The average Bonchev–Trinajstić information content (AvgIpc) is 3.30. The predicted molar refractivity (Wildman–Crippen MR) is 84.2 cm³/mol. The van der Waals surface area contributed by atoms with Gasteiger partial charge in [-0.3, -0.25) is 9.69 Å². The van der Waals surface area contributed by atoms with E-state index in [1.54, 1.807) is 0 Å². The molecule has 108 valence electrons. The first-order chi connectivity index (χ1) is 9.76. The molecular formula is C16H21BrN2O. The molecule has 1 saturated carbocycles. The molecule has 1 amide bonds. The number of rotatable bonds is 4. The number of hydrogen-bond acceptors (Lipinski definition) is 2. The Balaban J connectivity index is 1.66. The third-order valence-corrected chi connectivity index (χ3v) is 4.90. The highest BCUT2D eigenvalue weighted by Gasteiger charge is 2.53. The summed E-state index contributed by atoms with van der Waals surface area (Å²) in [5.41, 5.74) is 1.01. The number of carbonyl (C=O) groups excluding carboxylic acids is 1. The summed E-state index contributed by atoms with van der Waals surface area (Å²) in [5, 5.41) is 1.01. The zero-order chi connectivity index (χ0) is 14.0. The Hall–Kier alpha value is -0.870. The summed E-state index contributed by atoms with van der Waals surface area (Å²) in [6.07, 6.45) is 2.02. The van der Waals surface area contributed by atoms with Crippen molar-refractivity contribution in [3.8, 4) is 0 Å². The highest BCUT2D eigenvalue weighted by Crippen LogP contribution is 2.49. The number of carbonyl (C=O) groups is 1. The van der Waals surface area contributed by atoms with E-state index in [9.17, 15) is 4.79 Å². The van der Waals surface area contributed by atoms with E-state index in [2.05, 4.69) is 37.9 Å². The van der Waals surface area contributed by atoms with Gasteiger partial charge >= 0.3 is 0 Å². The van der Waals surface area contributed by atoms with Crippen molar-refractivity contribution in [2.45, 2.75) is 18.3 Å². The second-order valence-corrected chi connectivity index (χ2v) is 6.56. The fourth-order valence-corrected chi connectivity index (χ4v) is 3.61. The summed E-state index contributed by atoms with van der Waals surface area (Å²) < 4.78 is 0. The largest absolute Gasteiger partial charge is 0.339 e. The van der Waals surface area contributed by atoms with Gasteiger partial charge in [0.25, 0.3) is 0 Å². The Kier molecular flexibility index (Phi) is 4.13. The fraction of sp³-hybridized carbons (Fsp3) is 0.562. The summed E-state index contributed by atoms with van der Waals surface area (Å²) in [6.45, 7) is 4.83. The van der Waals surface area contributed by atoms with E-state index in [4.69, 9.17) is 0 Å². The SMILES string of the molecule is O=C(N1CCN(CCBr)CC1)C1(c2ccccc2)CC1. The van der Waals surface area contributed by atoms with E-state index in [0.717, 1.165) is 50.9 Å². The Bertz CT molecular complexity index is 465. The van der Waals surface area contributed by atoms with Crippen LogP contribution >= 0.6 is 15.9 Å². The van der Waals surface area contributed by atoms with Gasteiger partial charge in [-0.15, -0.1) is 0 Å². The van der Waals surface area contributed by atoms with Crippen LogP contribution in [-0.4, -0.2) is 53.8 Å². The lowest BCUT2D eigenvalue weighted by atomic mass is 9.94. The molecule has 1 aliphatic heterocycles. The lowest BCUT2D eigenvalue weighted by Crippen LogP contribution is -2.51. The molecule has 0 atom stereocenters. The average molecular weight is 337 g/mol. The van der Waals surface area contributed by atoms with Crippen LogP contribution in [0.1, 0.15) is 18.4 Å². The molecule has 0 unspecified atom stereocenters. The van der Waals surface area contributed by atoms with Crippen LogP contribution in [0.5, 0.6) is 0 Å². The van der Waals surface area contributed by atoms with Gasteiger partial charge in [-0.2, -0.15) is 0 Å². The lowest BCUT2D eigenvalue weighted by Gasteiger charge is -2.36. The maximum absolute atomic E-state index is 12.8. The number of benzene rings is 1. The zero-order valence-electron chi connectivity index (χ0n) is 11.7. The van der Waals surface area contributed by atoms with Crippen LogP contribution in [0, 0.1) is 0 Å². The standard InChI is InChI=1S/C16H21BrN2O/c17-8-9-18-10-12-19(13-11-18)15(20)16(6-7-16)14-4-2-1-3-5-14/h1-5H,6-13H2. The molecule has 1 heterocycles. The maximum Gasteiger partial charge on any atom is 0.233 e. The van der Waals surface area contributed by atoms with Crippen molar-refractivity contribution in [1.29, 1.82) is 0 Å². The lowest BCUT2D eigenvalue weighted by molar-refractivity contribution is -0.135. The Morgan fingerprint density at radius 2 is 1.75 bits per heavy atom. The molecule has 2 fully saturated rings. The van der Waals surface area contributed by atoms with Crippen LogP contribution in [0.3, 0.4) is 0 Å². The number of hydrogen-bond donors (Lipinski definition) is 0. The number of nitrogens with zero attached hydrogens (tertiary/aromatic N) is 2. The van der Waals surface area contributed by atoms with Gasteiger partial charge < -0.3 is 4.90 Å². The number of alkyl halides is 1. The van der Waals surface area contributed by atoms with Gasteiger partial charge in [-0.1, -0.05) is 46.3 Å². The molecule has 3 nitrogen and oxygen atoms in total. The van der Waals surface area contributed by atoms with Crippen LogP contribution in [-0.2, 0) is 10.2 Å². The number of halogens is 1. The topological polar surface area (TPSA) is 23.6 Å². The van der Waals surface area contributed by atoms with Crippen molar-refractivity contribution < 1.29 is 4.79 Å². The number of piperazine rings is 1. The molecule has 1 aromatic rings. The van der Waals surface area contributed by atoms with Gasteiger partial charge in [0.1, 0.15) is 0 Å². The van der Waals surface area contributed by atoms with Crippen LogP contribution in [0.15, 0.2) is 30.3 Å². The van der Waals surface area contributed by atoms with E-state index in [1.165, 1.54) is 5.56 Å². The molecule has 1 saturated heterocycles. The first kappa shape index (κ1) is 14.1. The minimum absolute atomic E-state index is 0.196. The third-order valence-electron chi connectivity index (χ3n) is 4.55. The van der Waals surface area contributed by atoms with Gasteiger partial charge in [-0.25, -0.2) is 0 Å². The number of amides is 1. The molecule has 4 heteroatoms. The first-order valence-corrected chi connectivity index (χ1v) is 8.52. The molecule has 0 radical (unpaired) electrons. The van der Waals surface area contributed by atoms with Gasteiger partial charge in [-0.05, 0) is 18.4 Å². The zero-order valence-corrected chi connectivity index (χ0v) is 13.3. The monoisotopic (exact) mass is 336 g/mol. The smallest absolute Gasteiger partial charge is 0.233 e. The third kappa shape index (κ3) is 2.63. The minimum atomic E-state index is -0.196.